The van der Waals surface area contributed by atoms with E-state index < -0.39 is 59.7 Å². The van der Waals surface area contributed by atoms with E-state index in [9.17, 15) is 43.1 Å². The fourth-order valence-electron chi connectivity index (χ4n) is 3.39. The number of phosphoric acid groups is 2. The highest BCUT2D eigenvalue weighted by molar-refractivity contribution is 7.67. The molecule has 1 saturated heterocycles. The molecule has 1 aliphatic rings. The minimum atomic E-state index is -5.57. The number of hydrogen-bond acceptors (Lipinski definition) is 11. The van der Waals surface area contributed by atoms with Crippen LogP contribution in [0.25, 0.3) is 0 Å². The van der Waals surface area contributed by atoms with Gasteiger partial charge in [-0.15, -0.1) is 0 Å². The Kier molecular flexibility index (Phi) is 12.5. The van der Waals surface area contributed by atoms with Crippen molar-refractivity contribution < 1.29 is 51.4 Å². The van der Waals surface area contributed by atoms with Crippen LogP contribution in [-0.4, -0.2) is 61.2 Å². The number of aliphatic hydroxyl groups excluding tert-OH is 1. The summed E-state index contributed by atoms with van der Waals surface area (Å²) in [7, 11) is -15.8. The van der Waals surface area contributed by atoms with E-state index in [2.05, 4.69) is 18.2 Å². The number of aromatic nitrogens is 2. The minimum absolute atomic E-state index is 0.0333. The first kappa shape index (κ1) is 32.2. The van der Waals surface area contributed by atoms with Crippen LogP contribution in [0.15, 0.2) is 21.9 Å². The summed E-state index contributed by atoms with van der Waals surface area (Å²) in [6.45, 7) is -0.253. The summed E-state index contributed by atoms with van der Waals surface area (Å²) in [5, 5.41) is 12.2. The fraction of sp³-hybridized carbons (Fsp3) is 0.765. The van der Waals surface area contributed by atoms with Crippen LogP contribution in [0, 0.1) is 0 Å². The number of rotatable bonds is 17. The number of nitrogens with one attached hydrogen (secondary N) is 2. The van der Waals surface area contributed by atoms with E-state index in [-0.39, 0.29) is 13.0 Å². The topological polar surface area (TPSA) is 262 Å². The number of nitrogens with two attached hydrogens (primary N) is 1. The Hall–Kier alpha value is -1.03. The summed E-state index contributed by atoms with van der Waals surface area (Å²) >= 11 is 0. The lowest BCUT2D eigenvalue weighted by Crippen LogP contribution is -2.31. The van der Waals surface area contributed by atoms with Crippen molar-refractivity contribution in [2.45, 2.75) is 63.4 Å². The lowest BCUT2D eigenvalue weighted by molar-refractivity contribution is -0.0450. The van der Waals surface area contributed by atoms with Crippen molar-refractivity contribution in [2.24, 2.45) is 5.73 Å². The van der Waals surface area contributed by atoms with Crippen molar-refractivity contribution in [1.82, 2.24) is 14.6 Å². The van der Waals surface area contributed by atoms with Crippen LogP contribution in [0.5, 0.6) is 0 Å². The van der Waals surface area contributed by atoms with Crippen LogP contribution in [-0.2, 0) is 31.6 Å². The van der Waals surface area contributed by atoms with Gasteiger partial charge in [0.15, 0.2) is 0 Å². The van der Waals surface area contributed by atoms with E-state index in [1.54, 1.807) is 0 Å². The Labute approximate surface area is 211 Å². The first-order valence-electron chi connectivity index (χ1n) is 11.4. The van der Waals surface area contributed by atoms with Gasteiger partial charge in [-0.05, 0) is 19.4 Å². The molecule has 0 radical (unpaired) electrons. The van der Waals surface area contributed by atoms with Crippen LogP contribution < -0.4 is 22.1 Å². The molecular weight excluding hydrogens is 561 g/mol. The molecule has 0 amide bonds. The smallest absolute Gasteiger partial charge is 0.390 e. The molecule has 1 aromatic rings. The van der Waals surface area contributed by atoms with Gasteiger partial charge in [0, 0.05) is 25.2 Å². The summed E-state index contributed by atoms with van der Waals surface area (Å²) < 4.78 is 55.2. The summed E-state index contributed by atoms with van der Waals surface area (Å²) in [4.78, 5) is 54.2. The Bertz CT molecular complexity index is 1130. The second-order valence-corrected chi connectivity index (χ2v) is 13.0. The third-order valence-corrected chi connectivity index (χ3v) is 9.59. The molecule has 20 heteroatoms. The highest BCUT2D eigenvalue weighted by atomic mass is 31.3. The maximum atomic E-state index is 12.1. The maximum absolute atomic E-state index is 12.1. The maximum Gasteiger partial charge on any atom is 0.489 e. The lowest BCUT2D eigenvalue weighted by Gasteiger charge is -2.20. The molecular formula is C17H33N4O13P3. The number of H-pyrrole nitrogens is 1. The van der Waals surface area contributed by atoms with Gasteiger partial charge in [-0.3, -0.25) is 18.9 Å². The van der Waals surface area contributed by atoms with Crippen molar-refractivity contribution in [1.29, 1.82) is 0 Å². The van der Waals surface area contributed by atoms with Crippen molar-refractivity contribution in [3.8, 4) is 0 Å². The van der Waals surface area contributed by atoms with Gasteiger partial charge in [0.2, 0.25) is 0 Å². The van der Waals surface area contributed by atoms with E-state index in [0.29, 0.717) is 13.0 Å². The van der Waals surface area contributed by atoms with Gasteiger partial charge in [-0.2, -0.15) is 8.62 Å². The molecule has 1 aromatic heterocycles. The number of ether oxygens (including phenoxy) is 1. The van der Waals surface area contributed by atoms with Crippen LogP contribution in [0.4, 0.5) is 0 Å². The highest BCUT2D eigenvalue weighted by Gasteiger charge is 2.43. The van der Waals surface area contributed by atoms with E-state index in [1.165, 1.54) is 0 Å². The summed E-state index contributed by atoms with van der Waals surface area (Å²) in [5.74, 6) is 0. The normalized spacial score (nSPS) is 24.8. The third-order valence-electron chi connectivity index (χ3n) is 5.13. The molecule has 214 valence electrons. The summed E-state index contributed by atoms with van der Waals surface area (Å²) in [5.41, 5.74) is 3.94. The van der Waals surface area contributed by atoms with Gasteiger partial charge in [0.1, 0.15) is 12.3 Å². The number of hydrogen-bond donors (Lipinski definition) is 7. The number of aliphatic hydroxyl groups is 1. The molecule has 2 rings (SSSR count). The molecule has 0 aliphatic carbocycles. The molecule has 1 aliphatic heterocycles. The van der Waals surface area contributed by atoms with E-state index >= 15 is 0 Å². The van der Waals surface area contributed by atoms with Gasteiger partial charge < -0.3 is 30.3 Å². The summed E-state index contributed by atoms with van der Waals surface area (Å²) in [6, 6.07) is 1.05. The number of phosphoric ester groups is 1. The van der Waals surface area contributed by atoms with Crippen molar-refractivity contribution in [2.75, 3.05) is 19.7 Å². The molecule has 17 nitrogen and oxygen atoms in total. The zero-order valence-corrected chi connectivity index (χ0v) is 22.5. The van der Waals surface area contributed by atoms with Crippen LogP contribution >= 0.6 is 23.4 Å². The molecule has 0 spiro atoms. The Morgan fingerprint density at radius 1 is 1.05 bits per heavy atom. The van der Waals surface area contributed by atoms with Gasteiger partial charge >= 0.3 is 29.1 Å². The van der Waals surface area contributed by atoms with Crippen LogP contribution in [0.1, 0.15) is 51.2 Å². The van der Waals surface area contributed by atoms with Gasteiger partial charge in [-0.1, -0.05) is 25.7 Å². The molecule has 0 bridgehead atoms. The first-order chi connectivity index (χ1) is 17.2. The Morgan fingerprint density at radius 2 is 1.70 bits per heavy atom. The SMILES string of the molecule is NCCCCCCCCNP(=O)(O)OP(=O)(O)OP(=O)(O)OC[C@H]1O[C@@H](n2ccc(=O)[nH]c2=O)C[C@@H]1O. The fourth-order valence-corrected chi connectivity index (χ4v) is 7.14. The van der Waals surface area contributed by atoms with Crippen LogP contribution in [0.3, 0.4) is 0 Å². The van der Waals surface area contributed by atoms with E-state index in [1.807, 2.05) is 4.98 Å². The standard InChI is InChI=1S/C17H33N4O13P3/c18-8-5-3-1-2-4-6-9-19-35(25,26)33-37(29,30)34-36(27,28)31-12-14-13(22)11-16(32-14)21-10-7-15(23)20-17(21)24/h7,10,13-14,16,22H,1-6,8-9,11-12,18H2,(H,27,28)(H,29,30)(H2,19,25,26)(H,20,23,24)/t13-,14+,16+/m0/s1. The van der Waals surface area contributed by atoms with Gasteiger partial charge in [-0.25, -0.2) is 23.6 Å². The second kappa shape index (κ2) is 14.4. The molecule has 8 N–H and O–H groups in total. The van der Waals surface area contributed by atoms with Gasteiger partial charge in [0.25, 0.3) is 5.56 Å². The molecule has 3 unspecified atom stereocenters. The zero-order chi connectivity index (χ0) is 27.7. The second-order valence-electron chi connectivity index (χ2n) is 8.18. The minimum Gasteiger partial charge on any atom is -0.390 e. The third kappa shape index (κ3) is 11.7. The lowest BCUT2D eigenvalue weighted by atomic mass is 10.1. The highest BCUT2D eigenvalue weighted by Crippen LogP contribution is 2.66. The molecule has 6 atom stereocenters. The molecule has 37 heavy (non-hydrogen) atoms. The molecule has 0 saturated carbocycles. The van der Waals surface area contributed by atoms with Crippen molar-refractivity contribution >= 4 is 23.4 Å². The number of aromatic amines is 1. The predicted molar refractivity (Wildman–Crippen MR) is 128 cm³/mol. The monoisotopic (exact) mass is 594 g/mol. The van der Waals surface area contributed by atoms with E-state index in [4.69, 9.17) is 10.5 Å². The summed E-state index contributed by atoms with van der Waals surface area (Å²) in [6.07, 6.45) is 2.26. The Morgan fingerprint density at radius 3 is 2.35 bits per heavy atom. The zero-order valence-electron chi connectivity index (χ0n) is 19.8. The first-order valence-corrected chi connectivity index (χ1v) is 16.0. The number of nitrogens with zero attached hydrogens (tertiary/aromatic N) is 1. The number of unbranched alkanes of at least 4 members (excludes halogenated alkanes) is 5. The average molecular weight is 594 g/mol. The largest absolute Gasteiger partial charge is 0.489 e. The van der Waals surface area contributed by atoms with Gasteiger partial charge in [0.05, 0.1) is 12.7 Å². The molecule has 0 aromatic carbocycles. The quantitative estimate of drug-likeness (QED) is 0.0952. The molecule has 1 fully saturated rings. The van der Waals surface area contributed by atoms with Crippen LogP contribution in [0.2, 0.25) is 0 Å². The van der Waals surface area contributed by atoms with Crippen molar-refractivity contribution in [3.63, 3.8) is 0 Å². The van der Waals surface area contributed by atoms with E-state index in [0.717, 1.165) is 48.9 Å². The Balaban J connectivity index is 1.80. The van der Waals surface area contributed by atoms with Crippen molar-refractivity contribution in [3.05, 3.63) is 33.1 Å². The molecule has 2 heterocycles. The predicted octanol–water partition coefficient (Wildman–Crippen LogP) is 0.425. The average Bonchev–Trinajstić information content (AvgIpc) is 3.12.